The van der Waals surface area contributed by atoms with E-state index in [1.165, 1.54) is 0 Å². The average molecular weight is 284 g/mol. The molecule has 0 spiro atoms. The minimum atomic E-state index is -0.766. The van der Waals surface area contributed by atoms with Gasteiger partial charge in [0.25, 0.3) is 5.91 Å². The van der Waals surface area contributed by atoms with Crippen LogP contribution < -0.4 is 21.9 Å². The Hall–Kier alpha value is -1.79. The van der Waals surface area contributed by atoms with Gasteiger partial charge < -0.3 is 11.1 Å². The van der Waals surface area contributed by atoms with E-state index < -0.39 is 18.0 Å². The van der Waals surface area contributed by atoms with Crippen LogP contribution >= 0.6 is 0 Å². The number of carbonyl (C=O) groups is 3. The van der Waals surface area contributed by atoms with Gasteiger partial charge in [-0.1, -0.05) is 33.1 Å². The summed E-state index contributed by atoms with van der Waals surface area (Å²) in [6.45, 7) is 3.56. The molecule has 0 aliphatic heterocycles. The van der Waals surface area contributed by atoms with Crippen molar-refractivity contribution in [3.05, 3.63) is 0 Å². The summed E-state index contributed by atoms with van der Waals surface area (Å²) in [6, 6.07) is -1.53. The van der Waals surface area contributed by atoms with E-state index in [2.05, 4.69) is 16.2 Å². The molecule has 1 aliphatic rings. The van der Waals surface area contributed by atoms with Crippen LogP contribution in [0.1, 0.15) is 46.0 Å². The maximum atomic E-state index is 11.9. The highest BCUT2D eigenvalue weighted by molar-refractivity contribution is 5.89. The lowest BCUT2D eigenvalue weighted by Crippen LogP contribution is -2.56. The molecule has 1 saturated carbocycles. The molecule has 1 fully saturated rings. The SMILES string of the molecule is CC(C)[C@H](NC(N)=O)C(=O)NNC(=O)C1CCCCC1. The zero-order chi connectivity index (χ0) is 15.1. The van der Waals surface area contributed by atoms with Gasteiger partial charge in [0.05, 0.1) is 0 Å². The number of hydrazine groups is 1. The third-order valence-corrected chi connectivity index (χ3v) is 3.53. The molecule has 0 radical (unpaired) electrons. The van der Waals surface area contributed by atoms with E-state index in [1.807, 2.05) is 0 Å². The van der Waals surface area contributed by atoms with E-state index in [4.69, 9.17) is 5.73 Å². The number of carbonyl (C=O) groups excluding carboxylic acids is 3. The van der Waals surface area contributed by atoms with Gasteiger partial charge in [-0.05, 0) is 18.8 Å². The zero-order valence-electron chi connectivity index (χ0n) is 12.1. The van der Waals surface area contributed by atoms with Gasteiger partial charge in [0.15, 0.2) is 0 Å². The second-order valence-corrected chi connectivity index (χ2v) is 5.54. The molecule has 0 aromatic rings. The summed E-state index contributed by atoms with van der Waals surface area (Å²) in [5.74, 6) is -0.803. The molecule has 0 heterocycles. The van der Waals surface area contributed by atoms with Crippen LogP contribution in [0.15, 0.2) is 0 Å². The van der Waals surface area contributed by atoms with E-state index in [-0.39, 0.29) is 17.7 Å². The first kappa shape index (κ1) is 16.3. The summed E-state index contributed by atoms with van der Waals surface area (Å²) < 4.78 is 0. The largest absolute Gasteiger partial charge is 0.352 e. The van der Waals surface area contributed by atoms with Crippen molar-refractivity contribution in [3.8, 4) is 0 Å². The number of nitrogens with two attached hydrogens (primary N) is 1. The van der Waals surface area contributed by atoms with Gasteiger partial charge in [0.1, 0.15) is 6.04 Å². The Labute approximate surface area is 119 Å². The smallest absolute Gasteiger partial charge is 0.312 e. The Kier molecular flexibility index (Phi) is 6.27. The van der Waals surface area contributed by atoms with E-state index in [1.54, 1.807) is 13.8 Å². The first-order valence-corrected chi connectivity index (χ1v) is 7.07. The van der Waals surface area contributed by atoms with Crippen molar-refractivity contribution >= 4 is 17.8 Å². The molecule has 0 aromatic heterocycles. The maximum Gasteiger partial charge on any atom is 0.312 e. The molecule has 1 atom stereocenters. The fourth-order valence-electron chi connectivity index (χ4n) is 2.36. The van der Waals surface area contributed by atoms with Gasteiger partial charge in [-0.3, -0.25) is 20.4 Å². The molecule has 0 unspecified atom stereocenters. The van der Waals surface area contributed by atoms with Crippen LogP contribution in [0, 0.1) is 11.8 Å². The minimum absolute atomic E-state index is 0.0364. The van der Waals surface area contributed by atoms with Crippen LogP contribution in [0.5, 0.6) is 0 Å². The molecule has 7 nitrogen and oxygen atoms in total. The van der Waals surface area contributed by atoms with E-state index in [0.717, 1.165) is 32.1 Å². The number of hydrogen-bond donors (Lipinski definition) is 4. The van der Waals surface area contributed by atoms with Crippen molar-refractivity contribution in [3.63, 3.8) is 0 Å². The molecule has 1 aliphatic carbocycles. The summed E-state index contributed by atoms with van der Waals surface area (Å²) in [5.41, 5.74) is 9.81. The van der Waals surface area contributed by atoms with Gasteiger partial charge in [0, 0.05) is 5.92 Å². The molecular weight excluding hydrogens is 260 g/mol. The van der Waals surface area contributed by atoms with Gasteiger partial charge >= 0.3 is 6.03 Å². The average Bonchev–Trinajstić information content (AvgIpc) is 2.42. The third kappa shape index (κ3) is 5.07. The fraction of sp³-hybridized carbons (Fsp3) is 0.769. The molecule has 7 heteroatoms. The first-order chi connectivity index (χ1) is 9.41. The van der Waals surface area contributed by atoms with Gasteiger partial charge in [0.2, 0.25) is 5.91 Å². The van der Waals surface area contributed by atoms with Crippen LogP contribution in [0.4, 0.5) is 4.79 Å². The predicted octanol–water partition coefficient (Wildman–Crippen LogP) is 0.407. The second kappa shape index (κ2) is 7.72. The normalized spacial score (nSPS) is 17.4. The number of hydrogen-bond acceptors (Lipinski definition) is 3. The Balaban J connectivity index is 2.43. The number of rotatable bonds is 4. The van der Waals surface area contributed by atoms with E-state index in [0.29, 0.717) is 0 Å². The Morgan fingerprint density at radius 3 is 2.15 bits per heavy atom. The van der Waals surface area contributed by atoms with Gasteiger partial charge in [-0.2, -0.15) is 0 Å². The monoisotopic (exact) mass is 284 g/mol. The Bertz CT molecular complexity index is 365. The highest BCUT2D eigenvalue weighted by atomic mass is 16.2. The lowest BCUT2D eigenvalue weighted by atomic mass is 9.89. The topological polar surface area (TPSA) is 113 Å². The van der Waals surface area contributed by atoms with Crippen molar-refractivity contribution in [1.82, 2.24) is 16.2 Å². The standard InChI is InChI=1S/C13H24N4O3/c1-8(2)10(15-13(14)20)12(19)17-16-11(18)9-6-4-3-5-7-9/h8-10H,3-7H2,1-2H3,(H,16,18)(H,17,19)(H3,14,15,20)/t10-/m0/s1. The summed E-state index contributed by atoms with van der Waals surface area (Å²) in [4.78, 5) is 34.6. The molecule has 20 heavy (non-hydrogen) atoms. The zero-order valence-corrected chi connectivity index (χ0v) is 12.1. The van der Waals surface area contributed by atoms with Crippen molar-refractivity contribution in [2.24, 2.45) is 17.6 Å². The van der Waals surface area contributed by atoms with E-state index in [9.17, 15) is 14.4 Å². The molecule has 5 N–H and O–H groups in total. The summed E-state index contributed by atoms with van der Waals surface area (Å²) >= 11 is 0. The minimum Gasteiger partial charge on any atom is -0.352 e. The number of urea groups is 1. The summed E-state index contributed by atoms with van der Waals surface area (Å²) in [7, 11) is 0. The van der Waals surface area contributed by atoms with Crippen molar-refractivity contribution in [2.75, 3.05) is 0 Å². The Morgan fingerprint density at radius 1 is 1.05 bits per heavy atom. The Morgan fingerprint density at radius 2 is 1.65 bits per heavy atom. The highest BCUT2D eigenvalue weighted by Gasteiger charge is 2.25. The van der Waals surface area contributed by atoms with Crippen molar-refractivity contribution in [2.45, 2.75) is 52.0 Å². The fourth-order valence-corrected chi connectivity index (χ4v) is 2.36. The molecule has 114 valence electrons. The molecule has 1 rings (SSSR count). The molecule has 0 bridgehead atoms. The molecule has 0 aromatic carbocycles. The predicted molar refractivity (Wildman–Crippen MR) is 74.2 cm³/mol. The summed E-state index contributed by atoms with van der Waals surface area (Å²) in [5, 5.41) is 2.36. The van der Waals surface area contributed by atoms with Gasteiger partial charge in [-0.15, -0.1) is 0 Å². The lowest BCUT2D eigenvalue weighted by molar-refractivity contribution is -0.133. The van der Waals surface area contributed by atoms with Crippen LogP contribution in [-0.4, -0.2) is 23.9 Å². The maximum absolute atomic E-state index is 11.9. The summed E-state index contributed by atoms with van der Waals surface area (Å²) in [6.07, 6.45) is 4.96. The van der Waals surface area contributed by atoms with Gasteiger partial charge in [-0.25, -0.2) is 4.79 Å². The molecule has 0 saturated heterocycles. The van der Waals surface area contributed by atoms with Crippen LogP contribution in [0.25, 0.3) is 0 Å². The van der Waals surface area contributed by atoms with Crippen molar-refractivity contribution < 1.29 is 14.4 Å². The van der Waals surface area contributed by atoms with Crippen LogP contribution in [0.3, 0.4) is 0 Å². The highest BCUT2D eigenvalue weighted by Crippen LogP contribution is 2.23. The number of primary amides is 1. The van der Waals surface area contributed by atoms with Crippen molar-refractivity contribution in [1.29, 1.82) is 0 Å². The third-order valence-electron chi connectivity index (χ3n) is 3.53. The number of nitrogens with one attached hydrogen (secondary N) is 3. The molecular formula is C13H24N4O3. The molecule has 4 amide bonds. The second-order valence-electron chi connectivity index (χ2n) is 5.54. The first-order valence-electron chi connectivity index (χ1n) is 7.07. The number of amides is 4. The lowest BCUT2D eigenvalue weighted by Gasteiger charge is -2.23. The van der Waals surface area contributed by atoms with Crippen LogP contribution in [0.2, 0.25) is 0 Å². The van der Waals surface area contributed by atoms with E-state index >= 15 is 0 Å². The van der Waals surface area contributed by atoms with Crippen LogP contribution in [-0.2, 0) is 9.59 Å². The quantitative estimate of drug-likeness (QED) is 0.560.